The summed E-state index contributed by atoms with van der Waals surface area (Å²) in [5, 5.41) is 27.1. The molecule has 0 spiro atoms. The molecule has 0 unspecified atom stereocenters. The van der Waals surface area contributed by atoms with Crippen LogP contribution in [0, 0.1) is 10.1 Å². The second-order valence-electron chi connectivity index (χ2n) is 2.63. The van der Waals surface area contributed by atoms with Gasteiger partial charge in [-0.15, -0.1) is 0 Å². The molecule has 0 bridgehead atoms. The number of phenols is 1. The van der Waals surface area contributed by atoms with E-state index >= 15 is 0 Å². The lowest BCUT2D eigenvalue weighted by Crippen LogP contribution is -2.02. The summed E-state index contributed by atoms with van der Waals surface area (Å²) in [5.41, 5.74) is 4.67. The lowest BCUT2D eigenvalue weighted by molar-refractivity contribution is -0.385. The Bertz CT molecular complexity index is 341. The van der Waals surface area contributed by atoms with E-state index in [1.807, 2.05) is 0 Å². The molecule has 0 saturated heterocycles. The number of benzene rings is 1. The zero-order valence-electron chi connectivity index (χ0n) is 8.79. The minimum absolute atomic E-state index is 0.0972. The first-order chi connectivity index (χ1) is 7.56. The molecule has 0 fully saturated rings. The lowest BCUT2D eigenvalue weighted by atomic mass is 10.3. The van der Waals surface area contributed by atoms with Crippen molar-refractivity contribution in [2.45, 2.75) is 0 Å². The predicted octanol–water partition coefficient (Wildman–Crippen LogP) is 0.246. The highest BCUT2D eigenvalue weighted by Gasteiger charge is 2.09. The lowest BCUT2D eigenvalue weighted by Gasteiger charge is -2.00. The van der Waals surface area contributed by atoms with Crippen molar-refractivity contribution in [2.75, 3.05) is 20.3 Å². The van der Waals surface area contributed by atoms with Crippen molar-refractivity contribution in [3.8, 4) is 11.5 Å². The van der Waals surface area contributed by atoms with E-state index in [1.54, 1.807) is 0 Å². The van der Waals surface area contributed by atoms with Gasteiger partial charge < -0.3 is 20.7 Å². The van der Waals surface area contributed by atoms with E-state index in [4.69, 9.17) is 15.9 Å². The number of methoxy groups -OCH3 is 1. The molecule has 4 N–H and O–H groups in total. The highest BCUT2D eigenvalue weighted by Crippen LogP contribution is 2.29. The van der Waals surface area contributed by atoms with Gasteiger partial charge in [0.1, 0.15) is 0 Å². The quantitative estimate of drug-likeness (QED) is 0.505. The van der Waals surface area contributed by atoms with Crippen LogP contribution in [-0.4, -0.2) is 35.4 Å². The van der Waals surface area contributed by atoms with Gasteiger partial charge in [0.2, 0.25) is 0 Å². The first-order valence-electron chi connectivity index (χ1n) is 4.39. The van der Waals surface area contributed by atoms with Crippen molar-refractivity contribution in [1.82, 2.24) is 0 Å². The number of aromatic hydroxyl groups is 1. The number of nitro benzene ring substituents is 1. The molecule has 7 heteroatoms. The van der Waals surface area contributed by atoms with E-state index in [9.17, 15) is 10.1 Å². The van der Waals surface area contributed by atoms with Crippen LogP contribution in [0.4, 0.5) is 5.69 Å². The Hall–Kier alpha value is -1.86. The third kappa shape index (κ3) is 4.58. The Morgan fingerprint density at radius 2 is 2.12 bits per heavy atom. The first-order valence-corrected chi connectivity index (χ1v) is 4.39. The Labute approximate surface area is 92.2 Å². The monoisotopic (exact) mass is 230 g/mol. The van der Waals surface area contributed by atoms with E-state index in [1.165, 1.54) is 19.2 Å². The molecule has 0 saturated carbocycles. The molecule has 16 heavy (non-hydrogen) atoms. The zero-order valence-corrected chi connectivity index (χ0v) is 8.79. The van der Waals surface area contributed by atoms with Gasteiger partial charge in [-0.3, -0.25) is 10.1 Å². The van der Waals surface area contributed by atoms with Crippen molar-refractivity contribution < 1.29 is 19.9 Å². The normalized spacial score (nSPS) is 8.94. The number of phenolic OH excluding ortho intramolecular Hbond substituents is 1. The zero-order chi connectivity index (χ0) is 12.6. The van der Waals surface area contributed by atoms with E-state index < -0.39 is 4.92 Å². The van der Waals surface area contributed by atoms with Gasteiger partial charge in [0.15, 0.2) is 11.5 Å². The average Bonchev–Trinajstić information content (AvgIpc) is 2.29. The molecule has 0 aromatic heterocycles. The van der Waals surface area contributed by atoms with Crippen LogP contribution >= 0.6 is 0 Å². The Morgan fingerprint density at radius 3 is 2.50 bits per heavy atom. The number of aliphatic hydroxyl groups is 1. The minimum Gasteiger partial charge on any atom is -0.504 e. The standard InChI is InChI=1S/C7H7NO4.C2H7NO/c1-12-7-4-5(8(10)11)2-3-6(7)9;3-1-2-4/h2-4,9H,1H3;4H,1-3H2. The van der Waals surface area contributed by atoms with E-state index in [0.29, 0.717) is 6.54 Å². The van der Waals surface area contributed by atoms with Gasteiger partial charge in [0.25, 0.3) is 5.69 Å². The van der Waals surface area contributed by atoms with Crippen LogP contribution in [0.15, 0.2) is 18.2 Å². The third-order valence-corrected chi connectivity index (χ3v) is 1.50. The minimum atomic E-state index is -0.554. The number of ether oxygens (including phenoxy) is 1. The van der Waals surface area contributed by atoms with Crippen molar-refractivity contribution in [3.63, 3.8) is 0 Å². The number of nitrogens with zero attached hydrogens (tertiary/aromatic N) is 1. The fourth-order valence-electron chi connectivity index (χ4n) is 0.780. The predicted molar refractivity (Wildman–Crippen MR) is 57.5 cm³/mol. The van der Waals surface area contributed by atoms with Gasteiger partial charge in [-0.25, -0.2) is 0 Å². The molecule has 0 heterocycles. The van der Waals surface area contributed by atoms with Crippen LogP contribution in [0.25, 0.3) is 0 Å². The summed E-state index contributed by atoms with van der Waals surface area (Å²) in [6.07, 6.45) is 0. The van der Waals surface area contributed by atoms with Gasteiger partial charge in [-0.1, -0.05) is 0 Å². The Balaban J connectivity index is 0.000000487. The van der Waals surface area contributed by atoms with Gasteiger partial charge in [0.05, 0.1) is 24.7 Å². The second kappa shape index (κ2) is 7.43. The van der Waals surface area contributed by atoms with E-state index in [2.05, 4.69) is 4.74 Å². The third-order valence-electron chi connectivity index (χ3n) is 1.50. The summed E-state index contributed by atoms with van der Waals surface area (Å²) in [6.45, 7) is 0.472. The number of nitro groups is 1. The summed E-state index contributed by atoms with van der Waals surface area (Å²) in [7, 11) is 1.33. The number of aliphatic hydroxyl groups excluding tert-OH is 1. The van der Waals surface area contributed by atoms with E-state index in [0.717, 1.165) is 6.07 Å². The Morgan fingerprint density at radius 1 is 1.56 bits per heavy atom. The SMILES string of the molecule is COc1cc([N+](=O)[O-])ccc1O.NCCO. The fourth-order valence-corrected chi connectivity index (χ4v) is 0.780. The van der Waals surface area contributed by atoms with Crippen molar-refractivity contribution in [1.29, 1.82) is 0 Å². The molecule has 1 aromatic carbocycles. The first kappa shape index (κ1) is 14.1. The van der Waals surface area contributed by atoms with Crippen LogP contribution in [0.1, 0.15) is 0 Å². The molecule has 0 radical (unpaired) electrons. The molecular weight excluding hydrogens is 216 g/mol. The molecule has 0 amide bonds. The number of hydrogen-bond acceptors (Lipinski definition) is 6. The topological polar surface area (TPSA) is 119 Å². The smallest absolute Gasteiger partial charge is 0.273 e. The number of rotatable bonds is 3. The molecule has 0 aliphatic carbocycles. The van der Waals surface area contributed by atoms with Crippen LogP contribution in [0.5, 0.6) is 11.5 Å². The summed E-state index contributed by atoms with van der Waals surface area (Å²) >= 11 is 0. The number of nitrogens with two attached hydrogens (primary N) is 1. The van der Waals surface area contributed by atoms with Crippen LogP contribution < -0.4 is 10.5 Å². The molecular formula is C9H14N2O5. The van der Waals surface area contributed by atoms with Gasteiger partial charge in [-0.05, 0) is 6.07 Å². The van der Waals surface area contributed by atoms with Crippen LogP contribution in [-0.2, 0) is 0 Å². The summed E-state index contributed by atoms with van der Waals surface area (Å²) in [5.74, 6) is -0.00713. The molecule has 1 aromatic rings. The molecule has 0 aliphatic rings. The van der Waals surface area contributed by atoms with Crippen LogP contribution in [0.2, 0.25) is 0 Å². The summed E-state index contributed by atoms with van der Waals surface area (Å²) < 4.78 is 4.68. The molecule has 1 rings (SSSR count). The van der Waals surface area contributed by atoms with Gasteiger partial charge in [-0.2, -0.15) is 0 Å². The van der Waals surface area contributed by atoms with Crippen molar-refractivity contribution in [2.24, 2.45) is 5.73 Å². The van der Waals surface area contributed by atoms with Gasteiger partial charge >= 0.3 is 0 Å². The largest absolute Gasteiger partial charge is 0.504 e. The van der Waals surface area contributed by atoms with Gasteiger partial charge in [0, 0.05) is 12.6 Å². The van der Waals surface area contributed by atoms with Crippen molar-refractivity contribution in [3.05, 3.63) is 28.3 Å². The Kier molecular flexibility index (Phi) is 6.57. The molecule has 0 aliphatic heterocycles. The van der Waals surface area contributed by atoms with E-state index in [-0.39, 0.29) is 23.8 Å². The maximum absolute atomic E-state index is 10.2. The molecule has 90 valence electrons. The molecule has 7 nitrogen and oxygen atoms in total. The van der Waals surface area contributed by atoms with Crippen LogP contribution in [0.3, 0.4) is 0 Å². The second-order valence-corrected chi connectivity index (χ2v) is 2.63. The number of hydrogen-bond donors (Lipinski definition) is 3. The maximum Gasteiger partial charge on any atom is 0.273 e. The highest BCUT2D eigenvalue weighted by molar-refractivity contribution is 5.47. The maximum atomic E-state index is 10.2. The fraction of sp³-hybridized carbons (Fsp3) is 0.333. The molecule has 0 atom stereocenters. The highest BCUT2D eigenvalue weighted by atomic mass is 16.6. The number of non-ortho nitro benzene ring substituents is 1. The average molecular weight is 230 g/mol. The van der Waals surface area contributed by atoms with Crippen molar-refractivity contribution >= 4 is 5.69 Å². The summed E-state index contributed by atoms with van der Waals surface area (Å²) in [6, 6.07) is 3.59. The summed E-state index contributed by atoms with van der Waals surface area (Å²) in [4.78, 5) is 9.70.